The second-order valence-electron chi connectivity index (χ2n) is 9.17. The van der Waals surface area contributed by atoms with E-state index in [9.17, 15) is 13.0 Å². The summed E-state index contributed by atoms with van der Waals surface area (Å²) < 4.78 is 34.5. The van der Waals surface area contributed by atoms with Crippen LogP contribution in [0.2, 0.25) is 5.15 Å². The number of nitrogens with zero attached hydrogens (tertiary/aromatic N) is 1. The van der Waals surface area contributed by atoms with Crippen molar-refractivity contribution in [1.82, 2.24) is 0 Å². The predicted molar refractivity (Wildman–Crippen MR) is 147 cm³/mol. The average molecular weight is 530 g/mol. The molecule has 196 valence electrons. The fourth-order valence-electron chi connectivity index (χ4n) is 4.00. The third-order valence-electron chi connectivity index (χ3n) is 6.11. The Hall–Kier alpha value is -2.21. The molecule has 0 saturated carbocycles. The standard InChI is InChI=1S/C18H30O3S.C12H11ClN/c1-2-3-4-5-6-7-8-9-10-11-12-17-13-15-18(16-14-17)22(19,20)21;13-12-8-4-5-9-14(12)10-11-6-2-1-3-7-11/h13-16H,2-12H2,1H3,(H,19,20,21);1-9H,10H2/q;+1/p-1. The minimum absolute atomic E-state index is 0.140. The maximum atomic E-state index is 10.8. The van der Waals surface area contributed by atoms with Crippen LogP contribution in [0, 0.1) is 0 Å². The quantitative estimate of drug-likeness (QED) is 0.0928. The first-order chi connectivity index (χ1) is 17.4. The normalized spacial score (nSPS) is 11.1. The Balaban J connectivity index is 0.000000278. The molecule has 0 fully saturated rings. The lowest BCUT2D eigenvalue weighted by atomic mass is 10.0. The second kappa shape index (κ2) is 17.3. The van der Waals surface area contributed by atoms with E-state index >= 15 is 0 Å². The van der Waals surface area contributed by atoms with Gasteiger partial charge in [0.1, 0.15) is 10.1 Å². The van der Waals surface area contributed by atoms with Gasteiger partial charge < -0.3 is 4.55 Å². The monoisotopic (exact) mass is 529 g/mol. The molecule has 0 aliphatic heterocycles. The summed E-state index contributed by atoms with van der Waals surface area (Å²) in [5.74, 6) is 0. The molecule has 1 heterocycles. The van der Waals surface area contributed by atoms with Crippen molar-refractivity contribution in [2.45, 2.75) is 89.0 Å². The Morgan fingerprint density at radius 3 is 1.81 bits per heavy atom. The number of halogens is 1. The van der Waals surface area contributed by atoms with Gasteiger partial charge in [0.15, 0.2) is 12.7 Å². The van der Waals surface area contributed by atoms with Gasteiger partial charge in [0.25, 0.3) is 5.15 Å². The fourth-order valence-corrected chi connectivity index (χ4v) is 4.66. The zero-order valence-corrected chi connectivity index (χ0v) is 23.0. The predicted octanol–water partition coefficient (Wildman–Crippen LogP) is 7.73. The van der Waals surface area contributed by atoms with Crippen LogP contribution >= 0.6 is 11.6 Å². The van der Waals surface area contributed by atoms with Crippen LogP contribution in [0.5, 0.6) is 0 Å². The molecular weight excluding hydrogens is 490 g/mol. The van der Waals surface area contributed by atoms with Crippen LogP contribution in [0.15, 0.2) is 83.9 Å². The molecule has 0 atom stereocenters. The van der Waals surface area contributed by atoms with E-state index < -0.39 is 10.1 Å². The van der Waals surface area contributed by atoms with Crippen LogP contribution in [0.25, 0.3) is 0 Å². The highest BCUT2D eigenvalue weighted by Gasteiger charge is 2.06. The van der Waals surface area contributed by atoms with E-state index in [0.29, 0.717) is 0 Å². The summed E-state index contributed by atoms with van der Waals surface area (Å²) in [6, 6.07) is 22.4. The van der Waals surface area contributed by atoms with Gasteiger partial charge >= 0.3 is 0 Å². The lowest BCUT2D eigenvalue weighted by Gasteiger charge is -2.08. The van der Waals surface area contributed by atoms with E-state index in [4.69, 9.17) is 11.6 Å². The van der Waals surface area contributed by atoms with Crippen LogP contribution in [0.1, 0.15) is 82.3 Å². The first-order valence-electron chi connectivity index (χ1n) is 13.1. The number of hydrogen-bond acceptors (Lipinski definition) is 3. The molecule has 36 heavy (non-hydrogen) atoms. The van der Waals surface area contributed by atoms with E-state index in [2.05, 4.69) is 19.1 Å². The van der Waals surface area contributed by atoms with E-state index in [1.165, 1.54) is 75.5 Å². The maximum Gasteiger partial charge on any atom is 0.275 e. The van der Waals surface area contributed by atoms with Crippen molar-refractivity contribution in [2.75, 3.05) is 0 Å². The smallest absolute Gasteiger partial charge is 0.275 e. The summed E-state index contributed by atoms with van der Waals surface area (Å²) in [4.78, 5) is -0.140. The van der Waals surface area contributed by atoms with Gasteiger partial charge in [-0.25, -0.2) is 8.42 Å². The Morgan fingerprint density at radius 2 is 1.25 bits per heavy atom. The third kappa shape index (κ3) is 12.7. The molecule has 0 radical (unpaired) electrons. The van der Waals surface area contributed by atoms with Gasteiger partial charge in [-0.05, 0) is 48.2 Å². The van der Waals surface area contributed by atoms with Gasteiger partial charge in [-0.3, -0.25) is 0 Å². The SMILES string of the molecule is CCCCCCCCCCCCc1ccc(S(=O)(=O)[O-])cc1.Clc1cccc[n+]1Cc1ccccc1. The highest BCUT2D eigenvalue weighted by molar-refractivity contribution is 7.85. The summed E-state index contributed by atoms with van der Waals surface area (Å²) in [5.41, 5.74) is 2.36. The van der Waals surface area contributed by atoms with Gasteiger partial charge in [0.2, 0.25) is 0 Å². The fraction of sp³-hybridized carbons (Fsp3) is 0.433. The first-order valence-corrected chi connectivity index (χ1v) is 14.9. The van der Waals surface area contributed by atoms with Gasteiger partial charge in [-0.1, -0.05) is 107 Å². The zero-order chi connectivity index (χ0) is 26.1. The van der Waals surface area contributed by atoms with E-state index in [1.54, 1.807) is 12.1 Å². The number of unbranched alkanes of at least 4 members (excludes halogenated alkanes) is 9. The van der Waals surface area contributed by atoms with Crippen molar-refractivity contribution >= 4 is 21.7 Å². The number of aryl methyl sites for hydroxylation is 1. The molecule has 0 aliphatic carbocycles. The second-order valence-corrected chi connectivity index (χ2v) is 10.9. The van der Waals surface area contributed by atoms with Crippen molar-refractivity contribution < 1.29 is 17.5 Å². The summed E-state index contributed by atoms with van der Waals surface area (Å²) >= 11 is 6.04. The van der Waals surface area contributed by atoms with Crippen molar-refractivity contribution in [3.8, 4) is 0 Å². The minimum atomic E-state index is -4.31. The molecule has 3 aromatic rings. The highest BCUT2D eigenvalue weighted by Crippen LogP contribution is 2.14. The molecule has 2 aromatic carbocycles. The van der Waals surface area contributed by atoms with Crippen molar-refractivity contribution in [1.29, 1.82) is 0 Å². The molecule has 0 bridgehead atoms. The molecule has 4 nitrogen and oxygen atoms in total. The Bertz CT molecular complexity index is 1090. The molecule has 0 aliphatic rings. The van der Waals surface area contributed by atoms with Gasteiger partial charge in [0, 0.05) is 17.7 Å². The van der Waals surface area contributed by atoms with Crippen molar-refractivity contribution in [3.05, 3.63) is 95.3 Å². The molecule has 0 unspecified atom stereocenters. The Labute approximate surface area is 223 Å². The van der Waals surface area contributed by atoms with Gasteiger partial charge in [-0.2, -0.15) is 4.57 Å². The van der Waals surface area contributed by atoms with E-state index in [-0.39, 0.29) is 4.90 Å². The summed E-state index contributed by atoms with van der Waals surface area (Å²) in [5, 5.41) is 0.761. The maximum absolute atomic E-state index is 10.8. The van der Waals surface area contributed by atoms with Gasteiger partial charge in [0.05, 0.1) is 4.90 Å². The number of pyridine rings is 1. The Morgan fingerprint density at radius 1 is 0.694 bits per heavy atom. The molecule has 0 N–H and O–H groups in total. The van der Waals surface area contributed by atoms with Gasteiger partial charge in [-0.15, -0.1) is 0 Å². The first kappa shape index (κ1) is 30.0. The third-order valence-corrected chi connectivity index (χ3v) is 7.30. The summed E-state index contributed by atoms with van der Waals surface area (Å²) in [6.07, 6.45) is 16.0. The number of benzene rings is 2. The summed E-state index contributed by atoms with van der Waals surface area (Å²) in [6.45, 7) is 3.06. The van der Waals surface area contributed by atoms with E-state index in [0.717, 1.165) is 30.1 Å². The molecule has 6 heteroatoms. The largest absolute Gasteiger partial charge is 0.744 e. The van der Waals surface area contributed by atoms with Crippen LogP contribution in [0.4, 0.5) is 0 Å². The van der Waals surface area contributed by atoms with Crippen LogP contribution < -0.4 is 4.57 Å². The molecule has 0 amide bonds. The number of hydrogen-bond donors (Lipinski definition) is 0. The lowest BCUT2D eigenvalue weighted by Crippen LogP contribution is -2.34. The average Bonchev–Trinajstić information content (AvgIpc) is 2.87. The van der Waals surface area contributed by atoms with Crippen molar-refractivity contribution in [3.63, 3.8) is 0 Å². The molecular formula is C30H40ClNO3S. The Kier molecular flexibility index (Phi) is 14.4. The molecule has 0 spiro atoms. The molecule has 1 aromatic heterocycles. The highest BCUT2D eigenvalue weighted by atomic mass is 35.5. The van der Waals surface area contributed by atoms with Crippen molar-refractivity contribution in [2.24, 2.45) is 0 Å². The van der Waals surface area contributed by atoms with Crippen LogP contribution in [-0.4, -0.2) is 13.0 Å². The number of aromatic nitrogens is 1. The van der Waals surface area contributed by atoms with Crippen LogP contribution in [-0.2, 0) is 23.1 Å². The van der Waals surface area contributed by atoms with Crippen LogP contribution in [0.3, 0.4) is 0 Å². The summed E-state index contributed by atoms with van der Waals surface area (Å²) in [7, 11) is -4.31. The van der Waals surface area contributed by atoms with E-state index in [1.807, 2.05) is 47.2 Å². The number of rotatable bonds is 14. The zero-order valence-electron chi connectivity index (χ0n) is 21.4. The minimum Gasteiger partial charge on any atom is -0.744 e. The lowest BCUT2D eigenvalue weighted by molar-refractivity contribution is -0.686. The molecule has 3 rings (SSSR count). The topological polar surface area (TPSA) is 61.1 Å². The molecule has 0 saturated heterocycles.